The van der Waals surface area contributed by atoms with Gasteiger partial charge in [0.25, 0.3) is 11.5 Å². The monoisotopic (exact) mass is 428 g/mol. The molecule has 0 unspecified atom stereocenters. The van der Waals surface area contributed by atoms with E-state index in [1.807, 2.05) is 30.3 Å². The third-order valence-corrected chi connectivity index (χ3v) is 4.76. The molecule has 2 aromatic carbocycles. The van der Waals surface area contributed by atoms with E-state index >= 15 is 0 Å². The second kappa shape index (κ2) is 9.43. The number of hydrogen-bond donors (Lipinski definition) is 3. The van der Waals surface area contributed by atoms with Crippen molar-refractivity contribution in [2.75, 3.05) is 23.8 Å². The molecule has 0 spiro atoms. The second-order valence-corrected chi connectivity index (χ2v) is 7.05. The summed E-state index contributed by atoms with van der Waals surface area (Å²) in [4.78, 5) is 41.6. The molecule has 0 atom stereocenters. The highest BCUT2D eigenvalue weighted by Crippen LogP contribution is 2.22. The highest BCUT2D eigenvalue weighted by atomic mass is 35.5. The van der Waals surface area contributed by atoms with Gasteiger partial charge in [-0.2, -0.15) is 0 Å². The lowest BCUT2D eigenvalue weighted by Gasteiger charge is -2.24. The number of aromatic nitrogens is 2. The van der Waals surface area contributed by atoms with Crippen LogP contribution in [0.1, 0.15) is 22.3 Å². The molecule has 0 aliphatic rings. The van der Waals surface area contributed by atoms with Crippen LogP contribution in [0.5, 0.6) is 0 Å². The summed E-state index contributed by atoms with van der Waals surface area (Å²) in [5, 5.41) is 9.62. The minimum atomic E-state index is -0.782. The summed E-state index contributed by atoms with van der Waals surface area (Å²) >= 11 is 5.99. The fraction of sp³-hybridized carbons (Fsp3) is 0.190. The summed E-state index contributed by atoms with van der Waals surface area (Å²) in [5.74, 6) is -0.658. The van der Waals surface area contributed by atoms with Gasteiger partial charge in [-0.1, -0.05) is 48.0 Å². The maximum atomic E-state index is 13.2. The van der Waals surface area contributed by atoms with Crippen LogP contribution in [0.3, 0.4) is 0 Å². The molecule has 0 saturated carbocycles. The van der Waals surface area contributed by atoms with Gasteiger partial charge in [0.2, 0.25) is 0 Å². The molecular weight excluding hydrogens is 408 g/mol. The Labute approximate surface area is 177 Å². The molecule has 0 radical (unpaired) electrons. The van der Waals surface area contributed by atoms with Crippen molar-refractivity contribution in [2.24, 2.45) is 0 Å². The number of H-pyrrole nitrogens is 1. The number of benzene rings is 2. The van der Waals surface area contributed by atoms with Crippen molar-refractivity contribution in [1.82, 2.24) is 9.55 Å². The zero-order chi connectivity index (χ0) is 21.7. The van der Waals surface area contributed by atoms with E-state index in [1.54, 1.807) is 18.2 Å². The van der Waals surface area contributed by atoms with Crippen LogP contribution >= 0.6 is 11.6 Å². The Morgan fingerprint density at radius 3 is 2.53 bits per heavy atom. The van der Waals surface area contributed by atoms with E-state index in [9.17, 15) is 19.5 Å². The van der Waals surface area contributed by atoms with Crippen LogP contribution in [-0.2, 0) is 6.54 Å². The Bertz CT molecular complexity index is 1160. The maximum Gasteiger partial charge on any atom is 0.330 e. The second-order valence-electron chi connectivity index (χ2n) is 6.61. The van der Waals surface area contributed by atoms with Gasteiger partial charge < -0.3 is 15.7 Å². The number of nitrogen functional groups attached to an aromatic ring is 1. The first-order valence-corrected chi connectivity index (χ1v) is 9.65. The smallest absolute Gasteiger partial charge is 0.330 e. The Morgan fingerprint density at radius 2 is 1.87 bits per heavy atom. The summed E-state index contributed by atoms with van der Waals surface area (Å²) in [6, 6.07) is 15.4. The van der Waals surface area contributed by atoms with Crippen molar-refractivity contribution in [3.8, 4) is 0 Å². The number of aliphatic hydroxyl groups is 1. The number of aromatic amines is 1. The molecule has 1 heterocycles. The number of aliphatic hydroxyl groups excluding tert-OH is 1. The number of amides is 1. The van der Waals surface area contributed by atoms with Gasteiger partial charge >= 0.3 is 5.69 Å². The number of hydrogen-bond acceptors (Lipinski definition) is 5. The molecule has 156 valence electrons. The molecule has 3 aromatic rings. The lowest BCUT2D eigenvalue weighted by Crippen LogP contribution is -2.42. The molecule has 30 heavy (non-hydrogen) atoms. The van der Waals surface area contributed by atoms with E-state index in [0.29, 0.717) is 5.02 Å². The first-order chi connectivity index (χ1) is 14.4. The largest absolute Gasteiger partial charge is 0.396 e. The Kier molecular flexibility index (Phi) is 6.71. The minimum absolute atomic E-state index is 0.0265. The van der Waals surface area contributed by atoms with E-state index in [2.05, 4.69) is 4.98 Å². The Hall–Kier alpha value is -3.36. The molecule has 1 amide bonds. The number of rotatable bonds is 7. The van der Waals surface area contributed by atoms with Crippen LogP contribution in [0.25, 0.3) is 0 Å². The number of nitrogens with zero attached hydrogens (tertiary/aromatic N) is 2. The van der Waals surface area contributed by atoms with Gasteiger partial charge in [0.1, 0.15) is 5.82 Å². The van der Waals surface area contributed by atoms with Gasteiger partial charge in [-0.3, -0.25) is 19.1 Å². The average molecular weight is 429 g/mol. The van der Waals surface area contributed by atoms with Gasteiger partial charge in [-0.15, -0.1) is 0 Å². The van der Waals surface area contributed by atoms with Gasteiger partial charge in [0.15, 0.2) is 5.69 Å². The summed E-state index contributed by atoms with van der Waals surface area (Å²) in [5.41, 5.74) is 5.65. The van der Waals surface area contributed by atoms with Gasteiger partial charge in [0.05, 0.1) is 6.54 Å². The van der Waals surface area contributed by atoms with E-state index in [4.69, 9.17) is 17.3 Å². The maximum absolute atomic E-state index is 13.2. The summed E-state index contributed by atoms with van der Waals surface area (Å²) < 4.78 is 1.20. The quantitative estimate of drug-likeness (QED) is 0.530. The Balaban J connectivity index is 2.11. The predicted octanol–water partition coefficient (Wildman–Crippen LogP) is 1.85. The molecule has 9 heteroatoms. The molecule has 4 N–H and O–H groups in total. The zero-order valence-corrected chi connectivity index (χ0v) is 16.8. The fourth-order valence-electron chi connectivity index (χ4n) is 3.08. The number of carbonyl (C=O) groups is 1. The normalized spacial score (nSPS) is 10.7. The van der Waals surface area contributed by atoms with Crippen molar-refractivity contribution in [3.63, 3.8) is 0 Å². The average Bonchev–Trinajstić information content (AvgIpc) is 2.73. The number of anilines is 2. The number of halogens is 1. The summed E-state index contributed by atoms with van der Waals surface area (Å²) in [6.07, 6.45) is 0.211. The Morgan fingerprint density at radius 1 is 1.13 bits per heavy atom. The molecule has 1 aromatic heterocycles. The molecule has 8 nitrogen and oxygen atoms in total. The zero-order valence-electron chi connectivity index (χ0n) is 16.0. The van der Waals surface area contributed by atoms with E-state index in [0.717, 1.165) is 10.5 Å². The highest BCUT2D eigenvalue weighted by molar-refractivity contribution is 6.31. The lowest BCUT2D eigenvalue weighted by atomic mass is 10.1. The number of nitrogens with two attached hydrogens (primary N) is 1. The first kappa shape index (κ1) is 21.4. The van der Waals surface area contributed by atoms with Gasteiger partial charge in [-0.25, -0.2) is 4.79 Å². The van der Waals surface area contributed by atoms with Crippen LogP contribution in [-0.4, -0.2) is 33.7 Å². The third-order valence-electron chi connectivity index (χ3n) is 4.52. The van der Waals surface area contributed by atoms with Crippen LogP contribution in [0.4, 0.5) is 11.5 Å². The molecule has 0 aliphatic heterocycles. The molecular formula is C21H21ClN4O4. The molecule has 0 fully saturated rings. The third kappa shape index (κ3) is 4.61. The van der Waals surface area contributed by atoms with Crippen molar-refractivity contribution in [2.45, 2.75) is 13.0 Å². The predicted molar refractivity (Wildman–Crippen MR) is 116 cm³/mol. The first-order valence-electron chi connectivity index (χ1n) is 9.27. The molecule has 0 bridgehead atoms. The van der Waals surface area contributed by atoms with Crippen LogP contribution in [0.2, 0.25) is 5.02 Å². The number of nitrogens with one attached hydrogen (secondary N) is 1. The summed E-state index contributed by atoms with van der Waals surface area (Å²) in [6.45, 7) is -0.0477. The number of carbonyl (C=O) groups excluding carboxylic acids is 1. The van der Waals surface area contributed by atoms with E-state index < -0.39 is 17.2 Å². The van der Waals surface area contributed by atoms with Crippen LogP contribution in [0, 0.1) is 0 Å². The highest BCUT2D eigenvalue weighted by Gasteiger charge is 2.25. The van der Waals surface area contributed by atoms with E-state index in [1.165, 1.54) is 10.6 Å². The molecule has 0 aliphatic carbocycles. The van der Waals surface area contributed by atoms with Crippen molar-refractivity contribution < 1.29 is 9.90 Å². The molecule has 3 rings (SSSR count). The van der Waals surface area contributed by atoms with Crippen molar-refractivity contribution in [3.05, 3.63) is 91.6 Å². The summed E-state index contributed by atoms with van der Waals surface area (Å²) in [7, 11) is 0. The standard InChI is InChI=1S/C21H21ClN4O4/c22-16-9-4-8-15(12-16)20(29)25(10-5-11-27)17-18(23)26(21(30)24-19(17)28)13-14-6-2-1-3-7-14/h1-4,6-9,12,27H,5,10-11,13,23H2,(H,24,28,30). The van der Waals surface area contributed by atoms with Crippen molar-refractivity contribution >= 4 is 29.0 Å². The molecule has 0 saturated heterocycles. The van der Waals surface area contributed by atoms with Crippen LogP contribution in [0.15, 0.2) is 64.2 Å². The van der Waals surface area contributed by atoms with Gasteiger partial charge in [-0.05, 0) is 30.2 Å². The topological polar surface area (TPSA) is 121 Å². The fourth-order valence-corrected chi connectivity index (χ4v) is 3.27. The van der Waals surface area contributed by atoms with Crippen LogP contribution < -0.4 is 21.9 Å². The SMILES string of the molecule is Nc1c(N(CCCO)C(=O)c2cccc(Cl)c2)c(=O)[nH]c(=O)n1Cc1ccccc1. The lowest BCUT2D eigenvalue weighted by molar-refractivity contribution is 0.0985. The van der Waals surface area contributed by atoms with Gasteiger partial charge in [0, 0.05) is 23.7 Å². The minimum Gasteiger partial charge on any atom is -0.396 e. The van der Waals surface area contributed by atoms with Crippen molar-refractivity contribution in [1.29, 1.82) is 0 Å². The van der Waals surface area contributed by atoms with E-state index in [-0.39, 0.29) is 43.2 Å².